The van der Waals surface area contributed by atoms with Crippen molar-refractivity contribution >= 4 is 5.91 Å². The number of amides is 1. The molecule has 0 radical (unpaired) electrons. The third kappa shape index (κ3) is 3.88. The molecule has 2 heterocycles. The third-order valence-electron chi connectivity index (χ3n) is 4.76. The maximum Gasteiger partial charge on any atom is 0.254 e. The number of hydrogen-bond acceptors (Lipinski definition) is 3. The van der Waals surface area contributed by atoms with Crippen molar-refractivity contribution in [1.29, 1.82) is 0 Å². The Morgan fingerprint density at radius 3 is 2.68 bits per heavy atom. The van der Waals surface area contributed by atoms with E-state index in [2.05, 4.69) is 36.1 Å². The minimum absolute atomic E-state index is 0.0287. The monoisotopic (exact) mass is 306 g/mol. The summed E-state index contributed by atoms with van der Waals surface area (Å²) >= 11 is 0. The molecule has 124 valence electrons. The van der Waals surface area contributed by atoms with Gasteiger partial charge in [0.05, 0.1) is 11.8 Å². The number of nitrogens with one attached hydrogen (secondary N) is 1. The first-order valence-electron chi connectivity index (χ1n) is 8.64. The summed E-state index contributed by atoms with van der Waals surface area (Å²) in [6.45, 7) is 11.8. The van der Waals surface area contributed by atoms with Gasteiger partial charge in [-0.05, 0) is 46.1 Å². The van der Waals surface area contributed by atoms with E-state index in [-0.39, 0.29) is 5.91 Å². The highest BCUT2D eigenvalue weighted by Gasteiger charge is 2.23. The van der Waals surface area contributed by atoms with Crippen LogP contribution < -0.4 is 5.32 Å². The zero-order valence-electron chi connectivity index (χ0n) is 14.4. The Morgan fingerprint density at radius 2 is 2.09 bits per heavy atom. The van der Waals surface area contributed by atoms with E-state index < -0.39 is 0 Å². The van der Waals surface area contributed by atoms with Gasteiger partial charge >= 0.3 is 0 Å². The topological polar surface area (TPSA) is 50.2 Å². The SMILES string of the molecule is CCCN1CCC(NC(=O)c2cnn(C(C)CC)c2C)CC1. The zero-order valence-corrected chi connectivity index (χ0v) is 14.4. The van der Waals surface area contributed by atoms with Gasteiger partial charge in [-0.3, -0.25) is 9.48 Å². The van der Waals surface area contributed by atoms with Gasteiger partial charge in [0.25, 0.3) is 5.91 Å². The summed E-state index contributed by atoms with van der Waals surface area (Å²) in [4.78, 5) is 15.0. The lowest BCUT2D eigenvalue weighted by Gasteiger charge is -2.32. The highest BCUT2D eigenvalue weighted by molar-refractivity contribution is 5.95. The number of likely N-dealkylation sites (tertiary alicyclic amines) is 1. The van der Waals surface area contributed by atoms with Crippen LogP contribution in [0.15, 0.2) is 6.20 Å². The lowest BCUT2D eigenvalue weighted by atomic mass is 10.0. The molecule has 0 aromatic carbocycles. The Bertz CT molecular complexity index is 489. The molecule has 1 atom stereocenters. The number of rotatable bonds is 6. The van der Waals surface area contributed by atoms with Gasteiger partial charge < -0.3 is 10.2 Å². The van der Waals surface area contributed by atoms with Crippen LogP contribution in [0.2, 0.25) is 0 Å². The lowest BCUT2D eigenvalue weighted by molar-refractivity contribution is 0.0910. The molecule has 1 aliphatic heterocycles. The van der Waals surface area contributed by atoms with Crippen molar-refractivity contribution in [2.24, 2.45) is 0 Å². The fourth-order valence-corrected chi connectivity index (χ4v) is 3.14. The zero-order chi connectivity index (χ0) is 16.1. The Hall–Kier alpha value is -1.36. The standard InChI is InChI=1S/C17H30N4O/c1-5-9-20-10-7-15(8-11-20)19-17(22)16-12-18-21(14(16)4)13(3)6-2/h12-13,15H,5-11H2,1-4H3,(H,19,22). The summed E-state index contributed by atoms with van der Waals surface area (Å²) in [7, 11) is 0. The number of carbonyl (C=O) groups excluding carboxylic acids is 1. The van der Waals surface area contributed by atoms with Gasteiger partial charge in [0.15, 0.2) is 0 Å². The van der Waals surface area contributed by atoms with Crippen LogP contribution in [0.3, 0.4) is 0 Å². The van der Waals surface area contributed by atoms with Crippen LogP contribution in [0, 0.1) is 6.92 Å². The molecule has 0 aliphatic carbocycles. The van der Waals surface area contributed by atoms with Crippen LogP contribution >= 0.6 is 0 Å². The molecule has 1 saturated heterocycles. The van der Waals surface area contributed by atoms with E-state index >= 15 is 0 Å². The van der Waals surface area contributed by atoms with Crippen molar-refractivity contribution < 1.29 is 4.79 Å². The molecule has 1 N–H and O–H groups in total. The van der Waals surface area contributed by atoms with E-state index in [0.717, 1.165) is 43.6 Å². The largest absolute Gasteiger partial charge is 0.349 e. The summed E-state index contributed by atoms with van der Waals surface area (Å²) in [6.07, 6.45) is 6.02. The molecule has 1 fully saturated rings. The van der Waals surface area contributed by atoms with Crippen LogP contribution in [0.5, 0.6) is 0 Å². The second-order valence-electron chi connectivity index (χ2n) is 6.43. The van der Waals surface area contributed by atoms with Crippen molar-refractivity contribution in [3.8, 4) is 0 Å². The van der Waals surface area contributed by atoms with Gasteiger partial charge in [-0.2, -0.15) is 5.10 Å². The Morgan fingerprint density at radius 1 is 1.41 bits per heavy atom. The molecule has 22 heavy (non-hydrogen) atoms. The number of aromatic nitrogens is 2. The number of carbonyl (C=O) groups is 1. The maximum absolute atomic E-state index is 12.5. The maximum atomic E-state index is 12.5. The predicted molar refractivity (Wildman–Crippen MR) is 89.2 cm³/mol. The number of hydrogen-bond donors (Lipinski definition) is 1. The van der Waals surface area contributed by atoms with Crippen molar-refractivity contribution in [3.63, 3.8) is 0 Å². The molecule has 1 aliphatic rings. The van der Waals surface area contributed by atoms with E-state index in [1.165, 1.54) is 13.0 Å². The molecule has 5 heteroatoms. The lowest BCUT2D eigenvalue weighted by Crippen LogP contribution is -2.44. The second-order valence-corrected chi connectivity index (χ2v) is 6.43. The van der Waals surface area contributed by atoms with Gasteiger partial charge in [0, 0.05) is 30.9 Å². The van der Waals surface area contributed by atoms with E-state index in [9.17, 15) is 4.79 Å². The Labute approximate surface area is 134 Å². The highest BCUT2D eigenvalue weighted by atomic mass is 16.1. The molecule has 2 rings (SSSR count). The average Bonchev–Trinajstić information content (AvgIpc) is 2.90. The van der Waals surface area contributed by atoms with Crippen LogP contribution in [0.25, 0.3) is 0 Å². The summed E-state index contributed by atoms with van der Waals surface area (Å²) < 4.78 is 1.96. The second kappa shape index (κ2) is 7.77. The van der Waals surface area contributed by atoms with Crippen LogP contribution in [0.1, 0.15) is 68.5 Å². The molecule has 0 bridgehead atoms. The summed E-state index contributed by atoms with van der Waals surface area (Å²) in [6, 6.07) is 0.630. The average molecular weight is 306 g/mol. The summed E-state index contributed by atoms with van der Waals surface area (Å²) in [5.74, 6) is 0.0287. The first-order valence-corrected chi connectivity index (χ1v) is 8.64. The molecule has 1 unspecified atom stereocenters. The molecule has 1 aromatic heterocycles. The van der Waals surface area contributed by atoms with Crippen molar-refractivity contribution in [1.82, 2.24) is 20.0 Å². The first kappa shape index (κ1) is 17.0. The van der Waals surface area contributed by atoms with Crippen LogP contribution in [-0.4, -0.2) is 46.3 Å². The molecular weight excluding hydrogens is 276 g/mol. The van der Waals surface area contributed by atoms with Gasteiger partial charge in [-0.25, -0.2) is 0 Å². The third-order valence-corrected chi connectivity index (χ3v) is 4.76. The fraction of sp³-hybridized carbons (Fsp3) is 0.765. The quantitative estimate of drug-likeness (QED) is 0.879. The Kier molecular flexibility index (Phi) is 6.00. The molecule has 0 spiro atoms. The number of nitrogens with zero attached hydrogens (tertiary/aromatic N) is 3. The number of piperidine rings is 1. The summed E-state index contributed by atoms with van der Waals surface area (Å²) in [5.41, 5.74) is 1.69. The molecule has 5 nitrogen and oxygen atoms in total. The van der Waals surface area contributed by atoms with Crippen molar-refractivity contribution in [3.05, 3.63) is 17.5 Å². The normalized spacial score (nSPS) is 18.4. The van der Waals surface area contributed by atoms with Crippen LogP contribution in [0.4, 0.5) is 0 Å². The van der Waals surface area contributed by atoms with Gasteiger partial charge in [-0.15, -0.1) is 0 Å². The Balaban J connectivity index is 1.92. The summed E-state index contributed by atoms with van der Waals surface area (Å²) in [5, 5.41) is 7.57. The molecular formula is C17H30N4O. The van der Waals surface area contributed by atoms with Crippen molar-refractivity contribution in [2.75, 3.05) is 19.6 Å². The van der Waals surface area contributed by atoms with E-state index in [1.807, 2.05) is 11.6 Å². The first-order chi connectivity index (χ1) is 10.6. The van der Waals surface area contributed by atoms with E-state index in [0.29, 0.717) is 12.1 Å². The molecule has 1 amide bonds. The van der Waals surface area contributed by atoms with Crippen LogP contribution in [-0.2, 0) is 0 Å². The highest BCUT2D eigenvalue weighted by Crippen LogP contribution is 2.17. The van der Waals surface area contributed by atoms with Gasteiger partial charge in [0.2, 0.25) is 0 Å². The minimum Gasteiger partial charge on any atom is -0.349 e. The van der Waals surface area contributed by atoms with E-state index in [1.54, 1.807) is 6.20 Å². The van der Waals surface area contributed by atoms with Crippen molar-refractivity contribution in [2.45, 2.75) is 65.5 Å². The minimum atomic E-state index is 0.0287. The molecule has 0 saturated carbocycles. The predicted octanol–water partition coefficient (Wildman–Crippen LogP) is 2.77. The fourth-order valence-electron chi connectivity index (χ4n) is 3.14. The molecule has 1 aromatic rings. The van der Waals surface area contributed by atoms with Gasteiger partial charge in [-0.1, -0.05) is 13.8 Å². The van der Waals surface area contributed by atoms with Gasteiger partial charge in [0.1, 0.15) is 0 Å². The van der Waals surface area contributed by atoms with E-state index in [4.69, 9.17) is 0 Å². The smallest absolute Gasteiger partial charge is 0.254 e.